The lowest BCUT2D eigenvalue weighted by atomic mass is 9.86. The maximum Gasteiger partial charge on any atom is 0.0467 e. The predicted molar refractivity (Wildman–Crippen MR) is 150 cm³/mol. The Labute approximate surface area is 205 Å². The van der Waals surface area contributed by atoms with Gasteiger partial charge in [0.15, 0.2) is 0 Å². The van der Waals surface area contributed by atoms with Crippen molar-refractivity contribution in [3.05, 3.63) is 107 Å². The Hall–Kier alpha value is -3.10. The topological polar surface area (TPSA) is 6.48 Å². The molecule has 2 heteroatoms. The number of benzene rings is 3. The molecule has 0 bridgehead atoms. The predicted octanol–water partition coefficient (Wildman–Crippen LogP) is 7.63. The van der Waals surface area contributed by atoms with Crippen LogP contribution in [-0.2, 0) is 0 Å². The summed E-state index contributed by atoms with van der Waals surface area (Å²) in [4.78, 5) is 4.87. The maximum atomic E-state index is 2.48. The first-order valence-corrected chi connectivity index (χ1v) is 12.8. The van der Waals surface area contributed by atoms with Gasteiger partial charge in [-0.15, -0.1) is 0 Å². The van der Waals surface area contributed by atoms with E-state index in [2.05, 4.69) is 129 Å². The summed E-state index contributed by atoms with van der Waals surface area (Å²) in [5.74, 6) is 0. The summed E-state index contributed by atoms with van der Waals surface area (Å²) < 4.78 is 0. The zero-order valence-corrected chi connectivity index (χ0v) is 21.4. The third-order valence-corrected chi connectivity index (χ3v) is 7.16. The van der Waals surface area contributed by atoms with Gasteiger partial charge in [-0.05, 0) is 84.6 Å². The van der Waals surface area contributed by atoms with Crippen LogP contribution in [0.4, 0.5) is 5.69 Å². The monoisotopic (exact) mass is 450 g/mol. The highest BCUT2D eigenvalue weighted by Gasteiger charge is 2.17. The molecule has 0 saturated heterocycles. The van der Waals surface area contributed by atoms with Gasteiger partial charge in [0.2, 0.25) is 0 Å². The van der Waals surface area contributed by atoms with Gasteiger partial charge in [0.1, 0.15) is 0 Å². The molecule has 176 valence electrons. The number of allylic oxidation sites excluding steroid dienone is 3. The maximum absolute atomic E-state index is 2.48. The van der Waals surface area contributed by atoms with Gasteiger partial charge < -0.3 is 4.90 Å². The van der Waals surface area contributed by atoms with E-state index < -0.39 is 0 Å². The van der Waals surface area contributed by atoms with Gasteiger partial charge in [-0.2, -0.15) is 0 Å². The van der Waals surface area contributed by atoms with Crippen LogP contribution in [-0.4, -0.2) is 37.1 Å². The molecular weight excluding hydrogens is 412 g/mol. The minimum Gasteiger partial charge on any atom is -0.372 e. The van der Waals surface area contributed by atoms with Crippen LogP contribution < -0.4 is 4.90 Å². The number of hydrogen-bond acceptors (Lipinski definition) is 2. The normalized spacial score (nSPS) is 15.4. The number of hydrogen-bond donors (Lipinski definition) is 0. The van der Waals surface area contributed by atoms with Crippen LogP contribution in [0.3, 0.4) is 0 Å². The lowest BCUT2D eigenvalue weighted by Crippen LogP contribution is -2.32. The Kier molecular flexibility index (Phi) is 7.70. The van der Waals surface area contributed by atoms with E-state index in [9.17, 15) is 0 Å². The van der Waals surface area contributed by atoms with Crippen LogP contribution in [0.25, 0.3) is 16.3 Å². The van der Waals surface area contributed by atoms with Crippen molar-refractivity contribution in [1.82, 2.24) is 4.90 Å². The molecule has 34 heavy (non-hydrogen) atoms. The van der Waals surface area contributed by atoms with E-state index in [0.29, 0.717) is 6.04 Å². The summed E-state index contributed by atoms with van der Waals surface area (Å²) >= 11 is 0. The summed E-state index contributed by atoms with van der Waals surface area (Å²) in [7, 11) is 0. The Morgan fingerprint density at radius 3 is 1.91 bits per heavy atom. The Morgan fingerprint density at radius 1 is 0.706 bits per heavy atom. The van der Waals surface area contributed by atoms with Crippen LogP contribution in [0.2, 0.25) is 0 Å². The number of aryl methyl sites for hydroxylation is 1. The van der Waals surface area contributed by atoms with Crippen molar-refractivity contribution in [1.29, 1.82) is 0 Å². The van der Waals surface area contributed by atoms with Gasteiger partial charge in [-0.1, -0.05) is 86.7 Å². The van der Waals surface area contributed by atoms with Crippen LogP contribution >= 0.6 is 0 Å². The van der Waals surface area contributed by atoms with Crippen molar-refractivity contribution in [3.63, 3.8) is 0 Å². The molecule has 4 rings (SSSR count). The van der Waals surface area contributed by atoms with E-state index in [1.165, 1.54) is 44.3 Å². The van der Waals surface area contributed by atoms with Crippen molar-refractivity contribution >= 4 is 22.0 Å². The van der Waals surface area contributed by atoms with Crippen LogP contribution in [0.1, 0.15) is 44.4 Å². The summed E-state index contributed by atoms with van der Waals surface area (Å²) in [6.07, 6.45) is 9.35. The second-order valence-electron chi connectivity index (χ2n) is 8.96. The van der Waals surface area contributed by atoms with Crippen LogP contribution in [0.5, 0.6) is 0 Å². The molecule has 0 amide bonds. The largest absolute Gasteiger partial charge is 0.372 e. The lowest BCUT2D eigenvalue weighted by molar-refractivity contribution is 0.287. The molecule has 0 saturated carbocycles. The number of nitrogens with zero attached hydrogens (tertiary/aromatic N) is 2. The molecule has 0 heterocycles. The standard InChI is InChI=1S/C32H38N2/c1-6-33(7-2)27-19-15-25(16-20-27)32(26-17-21-28(22-18-26)34(8-3)9-4)31-23-14-24(5)29-12-10-11-13-30(29)31/h10-23,27H,6-9H2,1-5H3. The molecule has 0 fully saturated rings. The van der Waals surface area contributed by atoms with E-state index in [0.717, 1.165) is 26.2 Å². The summed E-state index contributed by atoms with van der Waals surface area (Å²) in [6.45, 7) is 15.2. The van der Waals surface area contributed by atoms with Crippen LogP contribution in [0, 0.1) is 6.92 Å². The van der Waals surface area contributed by atoms with Crippen molar-refractivity contribution < 1.29 is 0 Å². The van der Waals surface area contributed by atoms with Crippen molar-refractivity contribution in [2.75, 3.05) is 31.1 Å². The Morgan fingerprint density at radius 2 is 1.32 bits per heavy atom. The fourth-order valence-electron chi connectivity index (χ4n) is 5.15. The van der Waals surface area contributed by atoms with E-state index in [-0.39, 0.29) is 0 Å². The van der Waals surface area contributed by atoms with E-state index in [1.54, 1.807) is 0 Å². The van der Waals surface area contributed by atoms with Crippen molar-refractivity contribution in [3.8, 4) is 0 Å². The average molecular weight is 451 g/mol. The minimum atomic E-state index is 0.361. The van der Waals surface area contributed by atoms with Crippen molar-refractivity contribution in [2.24, 2.45) is 0 Å². The summed E-state index contributed by atoms with van der Waals surface area (Å²) in [5.41, 5.74) is 7.72. The zero-order chi connectivity index (χ0) is 24.1. The van der Waals surface area contributed by atoms with E-state index in [4.69, 9.17) is 0 Å². The number of anilines is 1. The first-order valence-electron chi connectivity index (χ1n) is 12.8. The summed E-state index contributed by atoms with van der Waals surface area (Å²) in [6, 6.07) is 22.8. The van der Waals surface area contributed by atoms with Gasteiger partial charge in [0.05, 0.1) is 0 Å². The van der Waals surface area contributed by atoms with Gasteiger partial charge >= 0.3 is 0 Å². The molecule has 1 aliphatic rings. The molecule has 0 unspecified atom stereocenters. The number of fused-ring (bicyclic) bond motifs is 1. The van der Waals surface area contributed by atoms with Gasteiger partial charge in [0.25, 0.3) is 0 Å². The molecule has 2 nitrogen and oxygen atoms in total. The molecule has 0 aliphatic heterocycles. The first kappa shape index (κ1) is 24.0. The zero-order valence-electron chi connectivity index (χ0n) is 21.4. The van der Waals surface area contributed by atoms with Gasteiger partial charge in [0, 0.05) is 24.8 Å². The Balaban J connectivity index is 1.88. The second-order valence-corrected chi connectivity index (χ2v) is 8.96. The lowest BCUT2D eigenvalue weighted by Gasteiger charge is -2.27. The second kappa shape index (κ2) is 10.9. The highest BCUT2D eigenvalue weighted by molar-refractivity contribution is 6.01. The minimum absolute atomic E-state index is 0.361. The first-order chi connectivity index (χ1) is 16.6. The molecule has 0 spiro atoms. The number of rotatable bonds is 8. The van der Waals surface area contributed by atoms with Crippen LogP contribution in [0.15, 0.2) is 90.5 Å². The van der Waals surface area contributed by atoms with Gasteiger partial charge in [-0.3, -0.25) is 4.90 Å². The Bertz CT molecular complexity index is 1190. The molecule has 0 radical (unpaired) electrons. The fourth-order valence-corrected chi connectivity index (χ4v) is 5.15. The molecule has 1 aliphatic carbocycles. The van der Waals surface area contributed by atoms with E-state index >= 15 is 0 Å². The molecule has 0 atom stereocenters. The third-order valence-electron chi connectivity index (χ3n) is 7.16. The molecule has 3 aromatic rings. The quantitative estimate of drug-likeness (QED) is 0.348. The third kappa shape index (κ3) is 4.74. The highest BCUT2D eigenvalue weighted by atomic mass is 15.1. The fraction of sp³-hybridized carbons (Fsp3) is 0.312. The van der Waals surface area contributed by atoms with Crippen molar-refractivity contribution in [2.45, 2.75) is 40.7 Å². The van der Waals surface area contributed by atoms with E-state index in [1.807, 2.05) is 0 Å². The van der Waals surface area contributed by atoms with Gasteiger partial charge in [-0.25, -0.2) is 0 Å². The highest BCUT2D eigenvalue weighted by Crippen LogP contribution is 2.36. The smallest absolute Gasteiger partial charge is 0.0467 e. The molecule has 0 N–H and O–H groups in total. The molecular formula is C32H38N2. The SMILES string of the molecule is CCN(CC)c1ccc(C(=C2C=CC(N(CC)CC)C=C2)c2ccc(C)c3ccccc23)cc1. The summed E-state index contributed by atoms with van der Waals surface area (Å²) in [5, 5.41) is 2.63. The molecule has 3 aromatic carbocycles. The molecule has 0 aromatic heterocycles. The average Bonchev–Trinajstić information content (AvgIpc) is 2.89. The number of likely N-dealkylation sites (N-methyl/N-ethyl adjacent to an activating group) is 1.